The quantitative estimate of drug-likeness (QED) is 0.799. The maximum atomic E-state index is 11.9. The van der Waals surface area contributed by atoms with E-state index in [1.807, 2.05) is 0 Å². The Morgan fingerprint density at radius 1 is 1.32 bits per heavy atom. The number of phenols is 1. The molecule has 19 heavy (non-hydrogen) atoms. The van der Waals surface area contributed by atoms with Gasteiger partial charge in [0.1, 0.15) is 5.75 Å². The number of hydrogen-bond donors (Lipinski definition) is 3. The number of hydrogen-bond acceptors (Lipinski definition) is 3. The fourth-order valence-electron chi connectivity index (χ4n) is 2.39. The first-order chi connectivity index (χ1) is 9.00. The molecule has 0 aromatic heterocycles. The fraction of sp³-hybridized carbons (Fsp3) is 0.500. The lowest BCUT2D eigenvalue weighted by molar-refractivity contribution is 0.00525. The predicted molar refractivity (Wildman–Crippen MR) is 76.2 cm³/mol. The number of aromatic hydroxyl groups is 1. The minimum Gasteiger partial charge on any atom is -0.507 e. The molecule has 2 rings (SSSR count). The molecule has 1 aliphatic rings. The van der Waals surface area contributed by atoms with Gasteiger partial charge in [-0.2, -0.15) is 0 Å². The molecule has 4 nitrogen and oxygen atoms in total. The van der Waals surface area contributed by atoms with Crippen LogP contribution in [-0.2, 0) is 0 Å². The fourth-order valence-corrected chi connectivity index (χ4v) is 2.63. The number of aliphatic hydroxyl groups is 1. The van der Waals surface area contributed by atoms with Crippen LogP contribution in [0.2, 0.25) is 0 Å². The number of benzene rings is 1. The summed E-state index contributed by atoms with van der Waals surface area (Å²) in [5.74, 6) is -0.245. The molecule has 0 aliphatic heterocycles. The Kier molecular flexibility index (Phi) is 4.47. The first-order valence-corrected chi connectivity index (χ1v) is 7.29. The molecule has 0 atom stereocenters. The largest absolute Gasteiger partial charge is 0.507 e. The third-order valence-corrected chi connectivity index (χ3v) is 4.24. The summed E-state index contributed by atoms with van der Waals surface area (Å²) in [6.45, 7) is 0.267. The molecule has 1 aliphatic carbocycles. The average molecular weight is 328 g/mol. The summed E-state index contributed by atoms with van der Waals surface area (Å²) in [6, 6.07) is 4.66. The third-order valence-electron chi connectivity index (χ3n) is 3.57. The van der Waals surface area contributed by atoms with Crippen molar-refractivity contribution >= 4 is 21.8 Å². The van der Waals surface area contributed by atoms with E-state index in [0.717, 1.165) is 32.1 Å². The highest BCUT2D eigenvalue weighted by Crippen LogP contribution is 2.27. The van der Waals surface area contributed by atoms with Gasteiger partial charge in [0, 0.05) is 12.1 Å². The number of carbonyl (C=O) groups is 1. The summed E-state index contributed by atoms with van der Waals surface area (Å²) in [6.07, 6.45) is 4.63. The van der Waals surface area contributed by atoms with Gasteiger partial charge in [-0.15, -0.1) is 0 Å². The normalized spacial score (nSPS) is 18.0. The molecule has 0 heterocycles. The lowest BCUT2D eigenvalue weighted by Gasteiger charge is -2.32. The molecule has 104 valence electrons. The van der Waals surface area contributed by atoms with Crippen LogP contribution in [0.1, 0.15) is 42.5 Å². The first-order valence-electron chi connectivity index (χ1n) is 6.49. The van der Waals surface area contributed by atoms with Crippen LogP contribution in [0.4, 0.5) is 0 Å². The van der Waals surface area contributed by atoms with Crippen molar-refractivity contribution in [2.75, 3.05) is 6.54 Å². The summed E-state index contributed by atoms with van der Waals surface area (Å²) in [4.78, 5) is 11.9. The van der Waals surface area contributed by atoms with Gasteiger partial charge in [-0.05, 0) is 47.0 Å². The molecule has 0 saturated heterocycles. The van der Waals surface area contributed by atoms with Crippen molar-refractivity contribution in [3.05, 3.63) is 28.2 Å². The van der Waals surface area contributed by atoms with E-state index in [0.29, 0.717) is 10.0 Å². The van der Waals surface area contributed by atoms with Gasteiger partial charge in [0.05, 0.1) is 10.1 Å². The topological polar surface area (TPSA) is 69.6 Å². The summed E-state index contributed by atoms with van der Waals surface area (Å²) in [5.41, 5.74) is -0.384. The monoisotopic (exact) mass is 327 g/mol. The van der Waals surface area contributed by atoms with E-state index in [1.54, 1.807) is 12.1 Å². The van der Waals surface area contributed by atoms with Crippen LogP contribution in [-0.4, -0.2) is 28.3 Å². The molecular weight excluding hydrogens is 310 g/mol. The van der Waals surface area contributed by atoms with Gasteiger partial charge in [0.2, 0.25) is 0 Å². The van der Waals surface area contributed by atoms with E-state index in [4.69, 9.17) is 0 Å². The van der Waals surface area contributed by atoms with Crippen molar-refractivity contribution in [2.45, 2.75) is 37.7 Å². The molecule has 0 radical (unpaired) electrons. The van der Waals surface area contributed by atoms with Crippen molar-refractivity contribution in [3.8, 4) is 5.75 Å². The number of amides is 1. The Labute approximate surface area is 121 Å². The molecule has 0 unspecified atom stereocenters. The number of halogens is 1. The van der Waals surface area contributed by atoms with Crippen molar-refractivity contribution in [2.24, 2.45) is 0 Å². The van der Waals surface area contributed by atoms with E-state index in [1.165, 1.54) is 6.07 Å². The van der Waals surface area contributed by atoms with Crippen molar-refractivity contribution in [1.82, 2.24) is 5.32 Å². The van der Waals surface area contributed by atoms with Gasteiger partial charge >= 0.3 is 0 Å². The van der Waals surface area contributed by atoms with Gasteiger partial charge < -0.3 is 15.5 Å². The van der Waals surface area contributed by atoms with Crippen LogP contribution in [0.25, 0.3) is 0 Å². The number of nitrogens with one attached hydrogen (secondary N) is 1. The van der Waals surface area contributed by atoms with Crippen LogP contribution >= 0.6 is 15.9 Å². The highest BCUT2D eigenvalue weighted by molar-refractivity contribution is 9.10. The third kappa shape index (κ3) is 3.70. The second-order valence-corrected chi connectivity index (χ2v) is 5.99. The molecule has 1 saturated carbocycles. The van der Waals surface area contributed by atoms with Crippen molar-refractivity contribution < 1.29 is 15.0 Å². The van der Waals surface area contributed by atoms with Crippen LogP contribution in [0.5, 0.6) is 5.75 Å². The molecule has 1 fully saturated rings. The van der Waals surface area contributed by atoms with E-state index in [9.17, 15) is 15.0 Å². The van der Waals surface area contributed by atoms with Gasteiger partial charge in [-0.25, -0.2) is 0 Å². The second-order valence-electron chi connectivity index (χ2n) is 5.13. The van der Waals surface area contributed by atoms with Crippen LogP contribution < -0.4 is 5.32 Å². The maximum absolute atomic E-state index is 11.9. The number of carbonyl (C=O) groups excluding carboxylic acids is 1. The second kappa shape index (κ2) is 5.92. The van der Waals surface area contributed by atoms with Crippen LogP contribution in [0.15, 0.2) is 22.7 Å². The minimum atomic E-state index is -0.773. The molecule has 5 heteroatoms. The van der Waals surface area contributed by atoms with Gasteiger partial charge in [-0.1, -0.05) is 19.3 Å². The Morgan fingerprint density at radius 3 is 2.63 bits per heavy atom. The Balaban J connectivity index is 1.95. The summed E-state index contributed by atoms with van der Waals surface area (Å²) >= 11 is 3.17. The van der Waals surface area contributed by atoms with E-state index >= 15 is 0 Å². The SMILES string of the molecule is O=C(NCC1(O)CCCCC1)c1ccc(Br)c(O)c1. The summed E-state index contributed by atoms with van der Waals surface area (Å²) in [5, 5.41) is 22.6. The minimum absolute atomic E-state index is 0.0315. The summed E-state index contributed by atoms with van der Waals surface area (Å²) < 4.78 is 0.551. The van der Waals surface area contributed by atoms with Gasteiger partial charge in [-0.3, -0.25) is 4.79 Å². The molecule has 3 N–H and O–H groups in total. The molecule has 1 amide bonds. The lowest BCUT2D eigenvalue weighted by atomic mass is 9.85. The smallest absolute Gasteiger partial charge is 0.251 e. The van der Waals surface area contributed by atoms with Crippen LogP contribution in [0.3, 0.4) is 0 Å². The Bertz CT molecular complexity index is 470. The lowest BCUT2D eigenvalue weighted by Crippen LogP contribution is -2.44. The summed E-state index contributed by atoms with van der Waals surface area (Å²) in [7, 11) is 0. The van der Waals surface area contributed by atoms with Gasteiger partial charge in [0.15, 0.2) is 0 Å². The zero-order valence-corrected chi connectivity index (χ0v) is 12.2. The van der Waals surface area contributed by atoms with Crippen molar-refractivity contribution in [3.63, 3.8) is 0 Å². The maximum Gasteiger partial charge on any atom is 0.251 e. The zero-order chi connectivity index (χ0) is 13.9. The zero-order valence-electron chi connectivity index (χ0n) is 10.7. The average Bonchev–Trinajstić information content (AvgIpc) is 2.40. The molecule has 1 aromatic rings. The van der Waals surface area contributed by atoms with Gasteiger partial charge in [0.25, 0.3) is 5.91 Å². The molecule has 0 bridgehead atoms. The Hall–Kier alpha value is -1.07. The van der Waals surface area contributed by atoms with Crippen LogP contribution in [0, 0.1) is 0 Å². The van der Waals surface area contributed by atoms with E-state index in [-0.39, 0.29) is 18.2 Å². The highest BCUT2D eigenvalue weighted by atomic mass is 79.9. The predicted octanol–water partition coefficient (Wildman–Crippen LogP) is 2.58. The molecular formula is C14H18BrNO3. The molecule has 0 spiro atoms. The van der Waals surface area contributed by atoms with E-state index in [2.05, 4.69) is 21.2 Å². The van der Waals surface area contributed by atoms with Crippen molar-refractivity contribution in [1.29, 1.82) is 0 Å². The number of phenolic OH excluding ortho intramolecular Hbond substituents is 1. The number of rotatable bonds is 3. The van der Waals surface area contributed by atoms with E-state index < -0.39 is 5.60 Å². The first kappa shape index (κ1) is 14.3. The highest BCUT2D eigenvalue weighted by Gasteiger charge is 2.29. The standard InChI is InChI=1S/C14H18BrNO3/c15-11-5-4-10(8-12(11)17)13(18)16-9-14(19)6-2-1-3-7-14/h4-5,8,17,19H,1-3,6-7,9H2,(H,16,18). The Morgan fingerprint density at radius 2 is 2.00 bits per heavy atom. The molecule has 1 aromatic carbocycles.